The third kappa shape index (κ3) is 2.95. The summed E-state index contributed by atoms with van der Waals surface area (Å²) in [6, 6.07) is 5.08. The van der Waals surface area contributed by atoms with Gasteiger partial charge in [-0.3, -0.25) is 4.98 Å². The van der Waals surface area contributed by atoms with Crippen LogP contribution < -0.4 is 5.32 Å². The van der Waals surface area contributed by atoms with Gasteiger partial charge in [-0.25, -0.2) is 4.39 Å². The standard InChI is InChI=1S/C15H16ClFN2O2/c1-15(20-8-9-21-15)5-7-18-12-3-2-10-11(16)4-6-19-14(10)13(12)17/h2-4,6,18H,5,7-9H2,1H3. The van der Waals surface area contributed by atoms with Gasteiger partial charge in [0, 0.05) is 24.5 Å². The molecule has 0 radical (unpaired) electrons. The first-order valence-electron chi connectivity index (χ1n) is 6.84. The van der Waals surface area contributed by atoms with Crippen molar-refractivity contribution >= 4 is 28.2 Å². The Hall–Kier alpha value is -1.43. The quantitative estimate of drug-likeness (QED) is 0.937. The second-order valence-electron chi connectivity index (χ2n) is 5.12. The van der Waals surface area contributed by atoms with Gasteiger partial charge >= 0.3 is 0 Å². The summed E-state index contributed by atoms with van der Waals surface area (Å²) in [6.45, 7) is 3.63. The molecule has 0 spiro atoms. The van der Waals surface area contributed by atoms with Gasteiger partial charge in [0.1, 0.15) is 5.52 Å². The molecule has 0 amide bonds. The number of nitrogens with zero attached hydrogens (tertiary/aromatic N) is 1. The normalized spacial score (nSPS) is 17.3. The van der Waals surface area contributed by atoms with E-state index >= 15 is 0 Å². The van der Waals surface area contributed by atoms with Gasteiger partial charge in [-0.1, -0.05) is 11.6 Å². The molecule has 1 N–H and O–H groups in total. The summed E-state index contributed by atoms with van der Waals surface area (Å²) in [7, 11) is 0. The fourth-order valence-corrected chi connectivity index (χ4v) is 2.62. The summed E-state index contributed by atoms with van der Waals surface area (Å²) < 4.78 is 25.4. The first-order chi connectivity index (χ1) is 10.1. The SMILES string of the molecule is CC1(CCNc2ccc3c(Cl)ccnc3c2F)OCCO1. The number of aromatic nitrogens is 1. The molecular formula is C15H16ClFN2O2. The topological polar surface area (TPSA) is 43.4 Å². The van der Waals surface area contributed by atoms with Crippen molar-refractivity contribution in [3.05, 3.63) is 35.2 Å². The highest BCUT2D eigenvalue weighted by Gasteiger charge is 2.30. The largest absolute Gasteiger partial charge is 0.382 e. The summed E-state index contributed by atoms with van der Waals surface area (Å²) in [4.78, 5) is 4.05. The van der Waals surface area contributed by atoms with E-state index in [0.29, 0.717) is 42.3 Å². The van der Waals surface area contributed by atoms with Gasteiger partial charge in [0.25, 0.3) is 0 Å². The van der Waals surface area contributed by atoms with Gasteiger partial charge in [0.2, 0.25) is 0 Å². The molecule has 1 fully saturated rings. The predicted octanol–water partition coefficient (Wildman–Crippen LogP) is 3.59. The average molecular weight is 311 g/mol. The summed E-state index contributed by atoms with van der Waals surface area (Å²) in [6.07, 6.45) is 2.13. The molecule has 21 heavy (non-hydrogen) atoms. The first-order valence-corrected chi connectivity index (χ1v) is 7.21. The van der Waals surface area contributed by atoms with Crippen LogP contribution >= 0.6 is 11.6 Å². The number of hydrogen-bond acceptors (Lipinski definition) is 4. The molecule has 1 aliphatic heterocycles. The monoisotopic (exact) mass is 310 g/mol. The molecule has 0 bridgehead atoms. The van der Waals surface area contributed by atoms with E-state index in [1.165, 1.54) is 6.20 Å². The number of rotatable bonds is 4. The summed E-state index contributed by atoms with van der Waals surface area (Å²) in [5.74, 6) is -0.976. The molecule has 4 nitrogen and oxygen atoms in total. The third-order valence-electron chi connectivity index (χ3n) is 3.59. The van der Waals surface area contributed by atoms with Crippen molar-refractivity contribution in [2.24, 2.45) is 0 Å². The van der Waals surface area contributed by atoms with E-state index in [1.54, 1.807) is 18.2 Å². The maximum Gasteiger partial charge on any atom is 0.172 e. The number of fused-ring (bicyclic) bond motifs is 1. The molecule has 1 saturated heterocycles. The number of anilines is 1. The molecule has 3 rings (SSSR count). The van der Waals surface area contributed by atoms with E-state index in [2.05, 4.69) is 10.3 Å². The Balaban J connectivity index is 1.74. The van der Waals surface area contributed by atoms with Crippen LogP contribution in [0.2, 0.25) is 5.02 Å². The first kappa shape index (κ1) is 14.5. The predicted molar refractivity (Wildman–Crippen MR) is 80.1 cm³/mol. The van der Waals surface area contributed by atoms with Crippen LogP contribution in [-0.2, 0) is 9.47 Å². The Bertz CT molecular complexity index is 659. The molecule has 0 aliphatic carbocycles. The minimum atomic E-state index is -0.581. The van der Waals surface area contributed by atoms with Crippen molar-refractivity contribution in [2.75, 3.05) is 25.1 Å². The summed E-state index contributed by atoms with van der Waals surface area (Å²) in [5.41, 5.74) is 0.672. The molecule has 112 valence electrons. The zero-order valence-electron chi connectivity index (χ0n) is 11.7. The number of nitrogens with one attached hydrogen (secondary N) is 1. The fraction of sp³-hybridized carbons (Fsp3) is 0.400. The Morgan fingerprint density at radius 3 is 2.86 bits per heavy atom. The number of pyridine rings is 1. The third-order valence-corrected chi connectivity index (χ3v) is 3.92. The Morgan fingerprint density at radius 2 is 2.10 bits per heavy atom. The van der Waals surface area contributed by atoms with E-state index in [-0.39, 0.29) is 5.52 Å². The highest BCUT2D eigenvalue weighted by atomic mass is 35.5. The Kier molecular flexibility index (Phi) is 3.97. The lowest BCUT2D eigenvalue weighted by molar-refractivity contribution is -0.144. The highest BCUT2D eigenvalue weighted by molar-refractivity contribution is 6.35. The maximum absolute atomic E-state index is 14.4. The van der Waals surface area contributed by atoms with Gasteiger partial charge in [0.05, 0.1) is 23.9 Å². The number of benzene rings is 1. The Morgan fingerprint density at radius 1 is 1.33 bits per heavy atom. The van der Waals surface area contributed by atoms with Gasteiger partial charge in [-0.05, 0) is 25.1 Å². The van der Waals surface area contributed by atoms with Crippen LogP contribution in [0.1, 0.15) is 13.3 Å². The summed E-state index contributed by atoms with van der Waals surface area (Å²) in [5, 5.41) is 4.16. The molecule has 0 atom stereocenters. The highest BCUT2D eigenvalue weighted by Crippen LogP contribution is 2.28. The second kappa shape index (κ2) is 5.75. The van der Waals surface area contributed by atoms with Crippen LogP contribution in [0.25, 0.3) is 10.9 Å². The van der Waals surface area contributed by atoms with Gasteiger partial charge in [0.15, 0.2) is 11.6 Å². The number of halogens is 2. The van der Waals surface area contributed by atoms with Crippen LogP contribution in [-0.4, -0.2) is 30.5 Å². The zero-order valence-corrected chi connectivity index (χ0v) is 12.4. The van der Waals surface area contributed by atoms with E-state index in [4.69, 9.17) is 21.1 Å². The minimum Gasteiger partial charge on any atom is -0.382 e. The van der Waals surface area contributed by atoms with Crippen LogP contribution in [0.4, 0.5) is 10.1 Å². The van der Waals surface area contributed by atoms with E-state index in [1.807, 2.05) is 6.92 Å². The van der Waals surface area contributed by atoms with Crippen molar-refractivity contribution < 1.29 is 13.9 Å². The molecule has 0 saturated carbocycles. The van der Waals surface area contributed by atoms with Crippen LogP contribution in [0.5, 0.6) is 0 Å². The minimum absolute atomic E-state index is 0.270. The van der Waals surface area contributed by atoms with E-state index in [0.717, 1.165) is 0 Å². The summed E-state index contributed by atoms with van der Waals surface area (Å²) >= 11 is 6.03. The molecule has 1 aliphatic rings. The Labute approximate surface area is 127 Å². The molecule has 2 heterocycles. The van der Waals surface area contributed by atoms with Crippen molar-refractivity contribution in [1.82, 2.24) is 4.98 Å². The molecule has 6 heteroatoms. The molecule has 1 aromatic heterocycles. The fourth-order valence-electron chi connectivity index (χ4n) is 2.41. The molecule has 1 aromatic carbocycles. The van der Waals surface area contributed by atoms with Crippen LogP contribution in [0.3, 0.4) is 0 Å². The van der Waals surface area contributed by atoms with Crippen molar-refractivity contribution in [2.45, 2.75) is 19.1 Å². The second-order valence-corrected chi connectivity index (χ2v) is 5.53. The van der Waals surface area contributed by atoms with E-state index < -0.39 is 11.6 Å². The maximum atomic E-state index is 14.4. The van der Waals surface area contributed by atoms with Crippen molar-refractivity contribution in [3.8, 4) is 0 Å². The van der Waals surface area contributed by atoms with Gasteiger partial charge in [-0.2, -0.15) is 0 Å². The lowest BCUT2D eigenvalue weighted by Crippen LogP contribution is -2.28. The number of ether oxygens (including phenoxy) is 2. The van der Waals surface area contributed by atoms with Crippen molar-refractivity contribution in [1.29, 1.82) is 0 Å². The zero-order chi connectivity index (χ0) is 14.9. The lowest BCUT2D eigenvalue weighted by atomic mass is 10.1. The van der Waals surface area contributed by atoms with Crippen LogP contribution in [0.15, 0.2) is 24.4 Å². The smallest absolute Gasteiger partial charge is 0.172 e. The van der Waals surface area contributed by atoms with Crippen LogP contribution in [0, 0.1) is 5.82 Å². The number of hydrogen-bond donors (Lipinski definition) is 1. The molecule has 0 unspecified atom stereocenters. The molecule has 2 aromatic rings. The molecular weight excluding hydrogens is 295 g/mol. The van der Waals surface area contributed by atoms with E-state index in [9.17, 15) is 4.39 Å². The lowest BCUT2D eigenvalue weighted by Gasteiger charge is -2.22. The average Bonchev–Trinajstić information content (AvgIpc) is 2.89. The van der Waals surface area contributed by atoms with Crippen molar-refractivity contribution in [3.63, 3.8) is 0 Å². The van der Waals surface area contributed by atoms with Gasteiger partial charge in [-0.15, -0.1) is 0 Å². The van der Waals surface area contributed by atoms with Gasteiger partial charge < -0.3 is 14.8 Å².